The Kier molecular flexibility index (Phi) is 4.92. The van der Waals surface area contributed by atoms with Gasteiger partial charge < -0.3 is 4.90 Å². The average Bonchev–Trinajstić information content (AvgIpc) is 2.48. The van der Waals surface area contributed by atoms with E-state index in [0.29, 0.717) is 11.6 Å². The van der Waals surface area contributed by atoms with Crippen LogP contribution in [0.1, 0.15) is 19.3 Å². The minimum atomic E-state index is -0.436. The number of benzene rings is 1. The lowest BCUT2D eigenvalue weighted by atomic mass is 10.1. The van der Waals surface area contributed by atoms with Gasteiger partial charge in [-0.15, -0.1) is 0 Å². The Bertz CT molecular complexity index is 558. The van der Waals surface area contributed by atoms with Crippen LogP contribution in [0.4, 0.5) is 11.4 Å². The van der Waals surface area contributed by atoms with Crippen LogP contribution in [0.25, 0.3) is 0 Å². The molecule has 20 heavy (non-hydrogen) atoms. The van der Waals surface area contributed by atoms with E-state index in [1.807, 2.05) is 0 Å². The summed E-state index contributed by atoms with van der Waals surface area (Å²) in [4.78, 5) is 20.6. The van der Waals surface area contributed by atoms with Gasteiger partial charge in [-0.3, -0.25) is 10.1 Å². The second-order valence-corrected chi connectivity index (χ2v) is 4.62. The molecule has 0 aromatic heterocycles. The molecule has 0 radical (unpaired) electrons. The number of aliphatic imine (C=N–C) groups is 2. The molecule has 0 unspecified atom stereocenters. The largest absolute Gasteiger partial charge is 0.340 e. The molecule has 0 bridgehead atoms. The van der Waals surface area contributed by atoms with Gasteiger partial charge in [-0.05, 0) is 43.6 Å². The van der Waals surface area contributed by atoms with Crippen molar-refractivity contribution in [1.82, 2.24) is 4.90 Å². The summed E-state index contributed by atoms with van der Waals surface area (Å²) in [5.41, 5.74) is 0.659. The third kappa shape index (κ3) is 3.69. The first kappa shape index (κ1) is 14.3. The Morgan fingerprint density at radius 3 is 2.45 bits per heavy atom. The summed E-state index contributed by atoms with van der Waals surface area (Å²) in [5.74, 6) is 0.522. The first-order valence-corrected chi connectivity index (χ1v) is 6.77. The lowest BCUT2D eigenvalue weighted by Gasteiger charge is -2.26. The molecule has 1 fully saturated rings. The molecule has 6 nitrogen and oxygen atoms in total. The molecule has 0 N–H and O–H groups in total. The second-order valence-electron chi connectivity index (χ2n) is 4.44. The lowest BCUT2D eigenvalue weighted by molar-refractivity contribution is -0.384. The fourth-order valence-electron chi connectivity index (χ4n) is 2.07. The van der Waals surface area contributed by atoms with Gasteiger partial charge >= 0.3 is 0 Å². The van der Waals surface area contributed by atoms with Crippen LogP contribution in [-0.2, 0) is 0 Å². The zero-order chi connectivity index (χ0) is 14.4. The van der Waals surface area contributed by atoms with Gasteiger partial charge in [0.05, 0.1) is 15.8 Å². The van der Waals surface area contributed by atoms with Crippen LogP contribution >= 0.6 is 12.2 Å². The van der Waals surface area contributed by atoms with Crippen molar-refractivity contribution in [1.29, 1.82) is 0 Å². The van der Waals surface area contributed by atoms with E-state index in [1.54, 1.807) is 12.1 Å². The summed E-state index contributed by atoms with van der Waals surface area (Å²) >= 11 is 4.66. The number of hydrogen-bond donors (Lipinski definition) is 0. The minimum Gasteiger partial charge on any atom is -0.340 e. The van der Waals surface area contributed by atoms with Crippen molar-refractivity contribution in [3.63, 3.8) is 0 Å². The highest BCUT2D eigenvalue weighted by Gasteiger charge is 2.14. The summed E-state index contributed by atoms with van der Waals surface area (Å²) in [6.45, 7) is 1.79. The smallest absolute Gasteiger partial charge is 0.269 e. The minimum absolute atomic E-state index is 0.0433. The van der Waals surface area contributed by atoms with Crippen molar-refractivity contribution in [2.45, 2.75) is 19.3 Å². The number of rotatable bonds is 2. The third-order valence-corrected chi connectivity index (χ3v) is 3.17. The van der Waals surface area contributed by atoms with Crippen molar-refractivity contribution >= 4 is 34.7 Å². The monoisotopic (exact) mass is 290 g/mol. The van der Waals surface area contributed by atoms with Crippen LogP contribution in [0, 0.1) is 10.1 Å². The van der Waals surface area contributed by atoms with Crippen molar-refractivity contribution < 1.29 is 4.92 Å². The molecular weight excluding hydrogens is 276 g/mol. The lowest BCUT2D eigenvalue weighted by Crippen LogP contribution is -2.34. The summed E-state index contributed by atoms with van der Waals surface area (Å²) in [6.07, 6.45) is 3.42. The maximum absolute atomic E-state index is 10.6. The molecular formula is C13H14N4O2S. The molecule has 0 spiro atoms. The van der Waals surface area contributed by atoms with Gasteiger partial charge in [-0.2, -0.15) is 4.99 Å². The van der Waals surface area contributed by atoms with Crippen molar-refractivity contribution in [3.05, 3.63) is 34.4 Å². The van der Waals surface area contributed by atoms with Gasteiger partial charge in [0.1, 0.15) is 0 Å². The first-order valence-electron chi connectivity index (χ1n) is 6.36. The van der Waals surface area contributed by atoms with E-state index in [0.717, 1.165) is 25.9 Å². The molecule has 0 aliphatic carbocycles. The van der Waals surface area contributed by atoms with Crippen LogP contribution in [0.5, 0.6) is 0 Å². The van der Waals surface area contributed by atoms with Crippen molar-refractivity contribution in [2.24, 2.45) is 9.98 Å². The predicted octanol–water partition coefficient (Wildman–Crippen LogP) is 3.17. The first-order chi connectivity index (χ1) is 9.70. The van der Waals surface area contributed by atoms with Crippen LogP contribution < -0.4 is 0 Å². The Morgan fingerprint density at radius 2 is 1.90 bits per heavy atom. The molecule has 7 heteroatoms. The summed E-state index contributed by atoms with van der Waals surface area (Å²) in [6, 6.07) is 6.05. The number of non-ortho nitro benzene ring substituents is 1. The number of nitro groups is 1. The number of thiocarbonyl (C=S) groups is 1. The van der Waals surface area contributed by atoms with E-state index in [2.05, 4.69) is 32.3 Å². The maximum atomic E-state index is 10.6. The molecule has 0 amide bonds. The summed E-state index contributed by atoms with van der Waals surface area (Å²) < 4.78 is 0. The van der Waals surface area contributed by atoms with Gasteiger partial charge in [-0.25, -0.2) is 4.99 Å². The van der Waals surface area contributed by atoms with E-state index >= 15 is 0 Å². The predicted molar refractivity (Wildman–Crippen MR) is 80.6 cm³/mol. The molecule has 0 saturated carbocycles. The zero-order valence-electron chi connectivity index (χ0n) is 10.9. The molecule has 1 heterocycles. The van der Waals surface area contributed by atoms with E-state index < -0.39 is 4.92 Å². The molecule has 1 aromatic carbocycles. The topological polar surface area (TPSA) is 71.1 Å². The number of nitrogens with zero attached hydrogens (tertiary/aromatic N) is 4. The zero-order valence-corrected chi connectivity index (χ0v) is 11.7. The fraction of sp³-hybridized carbons (Fsp3) is 0.385. The Labute approximate surface area is 122 Å². The number of nitro benzene ring substituents is 1. The highest BCUT2D eigenvalue weighted by Crippen LogP contribution is 2.19. The molecule has 0 atom stereocenters. The second kappa shape index (κ2) is 6.88. The third-order valence-electron chi connectivity index (χ3n) is 3.07. The Balaban J connectivity index is 2.23. The van der Waals surface area contributed by atoms with Gasteiger partial charge in [0.15, 0.2) is 0 Å². The standard InChI is InChI=1S/C13H14N4O2S/c18-17(19)12-6-4-11(5-7-12)15-13(14-10-20)16-8-2-1-3-9-16/h4-7H,1-3,8-9H2. The maximum Gasteiger partial charge on any atom is 0.269 e. The van der Waals surface area contributed by atoms with E-state index in [1.165, 1.54) is 18.6 Å². The number of piperidine rings is 1. The van der Waals surface area contributed by atoms with Crippen LogP contribution in [0.15, 0.2) is 34.3 Å². The molecule has 2 rings (SSSR count). The number of isothiocyanates is 1. The fourth-order valence-corrected chi connectivity index (χ4v) is 2.15. The van der Waals surface area contributed by atoms with E-state index in [4.69, 9.17) is 0 Å². The van der Waals surface area contributed by atoms with Gasteiger partial charge in [0.2, 0.25) is 5.96 Å². The average molecular weight is 290 g/mol. The van der Waals surface area contributed by atoms with Crippen LogP contribution in [0.2, 0.25) is 0 Å². The van der Waals surface area contributed by atoms with Crippen molar-refractivity contribution in [3.8, 4) is 0 Å². The SMILES string of the molecule is O=[N+]([O-])c1ccc(N=C(N=C=S)N2CCCCC2)cc1. The summed E-state index contributed by atoms with van der Waals surface area (Å²) in [5, 5.41) is 12.9. The van der Waals surface area contributed by atoms with E-state index in [-0.39, 0.29) is 5.69 Å². The van der Waals surface area contributed by atoms with Gasteiger partial charge in [0.25, 0.3) is 5.69 Å². The highest BCUT2D eigenvalue weighted by atomic mass is 32.1. The molecule has 1 saturated heterocycles. The molecule has 1 aromatic rings. The molecule has 104 valence electrons. The number of guanidine groups is 1. The Morgan fingerprint density at radius 1 is 1.25 bits per heavy atom. The number of likely N-dealkylation sites (tertiary alicyclic amines) is 1. The quantitative estimate of drug-likeness (QED) is 0.276. The molecule has 1 aliphatic heterocycles. The van der Waals surface area contributed by atoms with Crippen LogP contribution in [-0.4, -0.2) is 34.0 Å². The van der Waals surface area contributed by atoms with Crippen LogP contribution in [0.3, 0.4) is 0 Å². The highest BCUT2D eigenvalue weighted by molar-refractivity contribution is 7.78. The number of hydrogen-bond acceptors (Lipinski definition) is 4. The summed E-state index contributed by atoms with van der Waals surface area (Å²) in [7, 11) is 0. The molecule has 1 aliphatic rings. The van der Waals surface area contributed by atoms with Crippen molar-refractivity contribution in [2.75, 3.05) is 13.1 Å². The van der Waals surface area contributed by atoms with Gasteiger partial charge in [-0.1, -0.05) is 0 Å². The normalized spacial score (nSPS) is 15.6. The Hall–Kier alpha value is -2.11. The van der Waals surface area contributed by atoms with E-state index in [9.17, 15) is 10.1 Å². The van der Waals surface area contributed by atoms with Gasteiger partial charge in [0, 0.05) is 25.2 Å².